The highest BCUT2D eigenvalue weighted by molar-refractivity contribution is 7.92. The summed E-state index contributed by atoms with van der Waals surface area (Å²) in [5, 5.41) is 2.98. The average Bonchev–Trinajstić information content (AvgIpc) is 2.78. The van der Waals surface area contributed by atoms with Crippen molar-refractivity contribution in [1.29, 1.82) is 0 Å². The van der Waals surface area contributed by atoms with Crippen molar-refractivity contribution in [3.05, 3.63) is 65.7 Å². The molecule has 0 aliphatic carbocycles. The van der Waals surface area contributed by atoms with Gasteiger partial charge < -0.3 is 10.2 Å². The molecule has 2 aromatic carbocycles. The molecule has 2 rings (SSSR count). The number of para-hydroxylation sites is 1. The lowest BCUT2D eigenvalue weighted by atomic mass is 10.0. The summed E-state index contributed by atoms with van der Waals surface area (Å²) in [5.41, 5.74) is 1.89. The van der Waals surface area contributed by atoms with Crippen molar-refractivity contribution >= 4 is 27.5 Å². The Hall–Kier alpha value is -2.87. The lowest BCUT2D eigenvalue weighted by molar-refractivity contribution is -0.140. The number of nitrogens with one attached hydrogen (secondary N) is 1. The van der Waals surface area contributed by atoms with Gasteiger partial charge in [-0.25, -0.2) is 8.42 Å². The Morgan fingerprint density at radius 2 is 1.56 bits per heavy atom. The average molecular weight is 516 g/mol. The van der Waals surface area contributed by atoms with Crippen LogP contribution in [0.2, 0.25) is 0 Å². The minimum absolute atomic E-state index is 0.0655. The van der Waals surface area contributed by atoms with Gasteiger partial charge in [-0.2, -0.15) is 0 Å². The molecular weight excluding hydrogens is 474 g/mol. The predicted molar refractivity (Wildman–Crippen MR) is 147 cm³/mol. The molecule has 0 bridgehead atoms. The molecule has 198 valence electrons. The van der Waals surface area contributed by atoms with Gasteiger partial charge in [0.25, 0.3) is 0 Å². The van der Waals surface area contributed by atoms with Gasteiger partial charge in [-0.15, -0.1) is 0 Å². The summed E-state index contributed by atoms with van der Waals surface area (Å²) in [6.45, 7) is 11.4. The van der Waals surface area contributed by atoms with Gasteiger partial charge in [0.15, 0.2) is 0 Å². The van der Waals surface area contributed by atoms with E-state index in [0.29, 0.717) is 25.1 Å². The van der Waals surface area contributed by atoms with Crippen molar-refractivity contribution in [3.63, 3.8) is 0 Å². The Morgan fingerprint density at radius 1 is 0.972 bits per heavy atom. The maximum atomic E-state index is 13.8. The summed E-state index contributed by atoms with van der Waals surface area (Å²) in [4.78, 5) is 28.5. The van der Waals surface area contributed by atoms with Crippen LogP contribution in [-0.2, 0) is 26.0 Å². The minimum atomic E-state index is -3.77. The van der Waals surface area contributed by atoms with E-state index in [1.807, 2.05) is 84.0 Å². The zero-order valence-corrected chi connectivity index (χ0v) is 23.4. The fourth-order valence-electron chi connectivity index (χ4n) is 4.15. The second-order valence-corrected chi connectivity index (χ2v) is 12.4. The van der Waals surface area contributed by atoms with E-state index in [2.05, 4.69) is 5.32 Å². The highest BCUT2D eigenvalue weighted by atomic mass is 32.2. The van der Waals surface area contributed by atoms with Crippen molar-refractivity contribution in [1.82, 2.24) is 10.2 Å². The second kappa shape index (κ2) is 12.4. The molecule has 36 heavy (non-hydrogen) atoms. The monoisotopic (exact) mass is 515 g/mol. The third-order valence-corrected chi connectivity index (χ3v) is 7.00. The van der Waals surface area contributed by atoms with E-state index in [4.69, 9.17) is 0 Å². The predicted octanol–water partition coefficient (Wildman–Crippen LogP) is 4.34. The highest BCUT2D eigenvalue weighted by Crippen LogP contribution is 2.29. The first-order chi connectivity index (χ1) is 16.7. The Balaban J connectivity index is 2.45. The van der Waals surface area contributed by atoms with Gasteiger partial charge in [0.2, 0.25) is 21.8 Å². The number of hydrogen-bond acceptors (Lipinski definition) is 4. The standard InChI is InChI=1S/C28H41N3O4S/c1-8-24(27(33)29-28(4,5)6)30(19-18-22-14-10-9-11-15-22)26(32)20-31(36(7,34)35)25-17-13-12-16-23(25)21(2)3/h9-17,21,24H,8,18-20H2,1-7H3,(H,29,33)/t24-/m0/s1. The number of anilines is 1. The molecule has 8 heteroatoms. The molecule has 0 fully saturated rings. The quantitative estimate of drug-likeness (QED) is 0.482. The van der Waals surface area contributed by atoms with Crippen LogP contribution in [0.5, 0.6) is 0 Å². The molecule has 0 unspecified atom stereocenters. The van der Waals surface area contributed by atoms with Gasteiger partial charge in [-0.1, -0.05) is 69.3 Å². The number of rotatable bonds is 11. The van der Waals surface area contributed by atoms with Gasteiger partial charge in [0, 0.05) is 12.1 Å². The highest BCUT2D eigenvalue weighted by Gasteiger charge is 2.33. The Kier molecular flexibility index (Phi) is 10.1. The van der Waals surface area contributed by atoms with Crippen LogP contribution in [0.3, 0.4) is 0 Å². The van der Waals surface area contributed by atoms with Gasteiger partial charge >= 0.3 is 0 Å². The zero-order chi connectivity index (χ0) is 27.1. The van der Waals surface area contributed by atoms with Gasteiger partial charge in [-0.05, 0) is 56.7 Å². The maximum Gasteiger partial charge on any atom is 0.244 e. The Bertz CT molecular complexity index is 1120. The van der Waals surface area contributed by atoms with Crippen LogP contribution in [0, 0.1) is 0 Å². The van der Waals surface area contributed by atoms with E-state index in [9.17, 15) is 18.0 Å². The first kappa shape index (κ1) is 29.4. The van der Waals surface area contributed by atoms with Gasteiger partial charge in [-0.3, -0.25) is 13.9 Å². The van der Waals surface area contributed by atoms with Crippen LogP contribution in [-0.4, -0.2) is 56.1 Å². The first-order valence-corrected chi connectivity index (χ1v) is 14.3. The van der Waals surface area contributed by atoms with Crippen LogP contribution < -0.4 is 9.62 Å². The molecule has 7 nitrogen and oxygen atoms in total. The number of carbonyl (C=O) groups excluding carboxylic acids is 2. The number of benzene rings is 2. The topological polar surface area (TPSA) is 86.8 Å². The van der Waals surface area contributed by atoms with Crippen LogP contribution in [0.25, 0.3) is 0 Å². The molecule has 1 atom stereocenters. The molecule has 2 amide bonds. The van der Waals surface area contributed by atoms with Crippen LogP contribution in [0.1, 0.15) is 65.0 Å². The Labute approximate surface area is 216 Å². The summed E-state index contributed by atoms with van der Waals surface area (Å²) in [6.07, 6.45) is 2.06. The van der Waals surface area contributed by atoms with E-state index in [0.717, 1.165) is 21.7 Å². The molecule has 0 spiro atoms. The summed E-state index contributed by atoms with van der Waals surface area (Å²) < 4.78 is 26.9. The maximum absolute atomic E-state index is 13.8. The molecule has 1 N–H and O–H groups in total. The molecule has 0 saturated carbocycles. The summed E-state index contributed by atoms with van der Waals surface area (Å²) in [5.74, 6) is -0.596. The van der Waals surface area contributed by atoms with Gasteiger partial charge in [0.1, 0.15) is 12.6 Å². The fraction of sp³-hybridized carbons (Fsp3) is 0.500. The first-order valence-electron chi connectivity index (χ1n) is 12.5. The smallest absolute Gasteiger partial charge is 0.244 e. The third kappa shape index (κ3) is 8.36. The van der Waals surface area contributed by atoms with Crippen molar-refractivity contribution in [2.45, 2.75) is 71.9 Å². The third-order valence-electron chi connectivity index (χ3n) is 5.87. The Morgan fingerprint density at radius 3 is 2.08 bits per heavy atom. The molecule has 0 aliphatic rings. The minimum Gasteiger partial charge on any atom is -0.350 e. The molecular formula is C28H41N3O4S. The van der Waals surface area contributed by atoms with E-state index < -0.39 is 27.5 Å². The van der Waals surface area contributed by atoms with Gasteiger partial charge in [0.05, 0.1) is 11.9 Å². The van der Waals surface area contributed by atoms with Crippen molar-refractivity contribution in [2.75, 3.05) is 23.7 Å². The summed E-state index contributed by atoms with van der Waals surface area (Å²) >= 11 is 0. The number of nitrogens with zero attached hydrogens (tertiary/aromatic N) is 2. The van der Waals surface area contributed by atoms with Crippen molar-refractivity contribution < 1.29 is 18.0 Å². The van der Waals surface area contributed by atoms with E-state index in [-0.39, 0.29) is 18.4 Å². The lowest BCUT2D eigenvalue weighted by Crippen LogP contribution is -2.56. The largest absolute Gasteiger partial charge is 0.350 e. The molecule has 0 aliphatic heterocycles. The van der Waals surface area contributed by atoms with E-state index in [1.165, 1.54) is 4.90 Å². The summed E-state index contributed by atoms with van der Waals surface area (Å²) in [7, 11) is -3.77. The number of amides is 2. The van der Waals surface area contributed by atoms with Crippen molar-refractivity contribution in [3.8, 4) is 0 Å². The molecule has 0 aromatic heterocycles. The molecule has 0 heterocycles. The van der Waals surface area contributed by atoms with Crippen LogP contribution in [0.4, 0.5) is 5.69 Å². The lowest BCUT2D eigenvalue weighted by Gasteiger charge is -2.35. The van der Waals surface area contributed by atoms with Crippen LogP contribution in [0.15, 0.2) is 54.6 Å². The van der Waals surface area contributed by atoms with Crippen molar-refractivity contribution in [2.24, 2.45) is 0 Å². The van der Waals surface area contributed by atoms with Crippen LogP contribution >= 0.6 is 0 Å². The van der Waals surface area contributed by atoms with E-state index in [1.54, 1.807) is 12.1 Å². The van der Waals surface area contributed by atoms with E-state index >= 15 is 0 Å². The molecule has 0 saturated heterocycles. The SMILES string of the molecule is CC[C@@H](C(=O)NC(C)(C)C)N(CCc1ccccc1)C(=O)CN(c1ccccc1C(C)C)S(C)(=O)=O. The second-order valence-electron chi connectivity index (χ2n) is 10.5. The normalized spacial score (nSPS) is 12.8. The summed E-state index contributed by atoms with van der Waals surface area (Å²) in [6, 6.07) is 16.2. The number of sulfonamides is 1. The molecule has 2 aromatic rings. The molecule has 0 radical (unpaired) electrons. The number of carbonyl (C=O) groups is 2. The fourth-order valence-corrected chi connectivity index (χ4v) is 5.01. The zero-order valence-electron chi connectivity index (χ0n) is 22.6. The number of hydrogen-bond donors (Lipinski definition) is 1.